The topological polar surface area (TPSA) is 139 Å². The molecule has 1 aromatic heterocycles. The van der Waals surface area contributed by atoms with E-state index in [0.29, 0.717) is 5.56 Å². The molecule has 1 fully saturated rings. The molecule has 9 nitrogen and oxygen atoms in total. The number of anilines is 1. The molecule has 1 aromatic carbocycles. The number of ether oxygens (including phenoxy) is 1. The summed E-state index contributed by atoms with van der Waals surface area (Å²) in [6.45, 7) is 2.60. The standard InChI is InChI=1S/C17H19N3O6S2/c1-10-3-2-4-11(14(10)21)16(23)19-17-12(15(18)22)9-13(27-17)28(24,25)20-5-7-26-8-6-20/h2-4,9,21H,5-8H2,1H3,(H2,18,22)(H,19,23). The lowest BCUT2D eigenvalue weighted by Crippen LogP contribution is -2.40. The molecule has 1 aliphatic heterocycles. The van der Waals surface area contributed by atoms with Gasteiger partial charge in [-0.3, -0.25) is 9.59 Å². The molecule has 11 heteroatoms. The maximum atomic E-state index is 12.8. The van der Waals surface area contributed by atoms with Crippen molar-refractivity contribution in [2.45, 2.75) is 11.1 Å². The molecular weight excluding hydrogens is 406 g/mol. The predicted octanol–water partition coefficient (Wildman–Crippen LogP) is 1.13. The molecule has 1 saturated heterocycles. The Bertz CT molecular complexity index is 1030. The molecule has 0 atom stereocenters. The zero-order valence-electron chi connectivity index (χ0n) is 15.0. The molecule has 0 spiro atoms. The van der Waals surface area contributed by atoms with Crippen molar-refractivity contribution in [3.8, 4) is 5.75 Å². The highest BCUT2D eigenvalue weighted by molar-refractivity contribution is 7.91. The molecule has 3 rings (SSSR count). The number of para-hydroxylation sites is 1. The Morgan fingerprint density at radius 2 is 1.93 bits per heavy atom. The van der Waals surface area contributed by atoms with Gasteiger partial charge in [0.15, 0.2) is 0 Å². The van der Waals surface area contributed by atoms with E-state index in [9.17, 15) is 23.1 Å². The van der Waals surface area contributed by atoms with Gasteiger partial charge in [-0.2, -0.15) is 4.31 Å². The number of primary amides is 1. The first-order chi connectivity index (χ1) is 13.2. The number of carbonyl (C=O) groups is 2. The zero-order chi connectivity index (χ0) is 20.5. The van der Waals surface area contributed by atoms with Gasteiger partial charge in [-0.05, 0) is 24.6 Å². The van der Waals surface area contributed by atoms with Gasteiger partial charge in [0, 0.05) is 13.1 Å². The molecule has 0 saturated carbocycles. The van der Waals surface area contributed by atoms with Crippen LogP contribution in [0.1, 0.15) is 26.3 Å². The number of sulfonamides is 1. The Kier molecular flexibility index (Phi) is 5.70. The van der Waals surface area contributed by atoms with Crippen molar-refractivity contribution >= 4 is 38.2 Å². The SMILES string of the molecule is Cc1cccc(C(=O)Nc2sc(S(=O)(=O)N3CCOCC3)cc2C(N)=O)c1O. The van der Waals surface area contributed by atoms with Crippen molar-refractivity contribution in [2.75, 3.05) is 31.6 Å². The molecule has 2 amide bonds. The van der Waals surface area contributed by atoms with Gasteiger partial charge in [0.1, 0.15) is 15.0 Å². The van der Waals surface area contributed by atoms with Crippen LogP contribution >= 0.6 is 11.3 Å². The van der Waals surface area contributed by atoms with Gasteiger partial charge >= 0.3 is 0 Å². The third kappa shape index (κ3) is 3.87. The molecule has 150 valence electrons. The van der Waals surface area contributed by atoms with E-state index in [4.69, 9.17) is 10.5 Å². The summed E-state index contributed by atoms with van der Waals surface area (Å²) < 4.78 is 31.9. The lowest BCUT2D eigenvalue weighted by atomic mass is 10.1. The van der Waals surface area contributed by atoms with Gasteiger partial charge in [-0.15, -0.1) is 11.3 Å². The predicted molar refractivity (Wildman–Crippen MR) is 103 cm³/mol. The Morgan fingerprint density at radius 3 is 2.57 bits per heavy atom. The fourth-order valence-electron chi connectivity index (χ4n) is 2.70. The summed E-state index contributed by atoms with van der Waals surface area (Å²) in [5.41, 5.74) is 5.75. The minimum Gasteiger partial charge on any atom is -0.507 e. The maximum Gasteiger partial charge on any atom is 0.260 e. The van der Waals surface area contributed by atoms with Crippen molar-refractivity contribution < 1.29 is 27.9 Å². The van der Waals surface area contributed by atoms with Gasteiger partial charge in [-0.25, -0.2) is 8.42 Å². The van der Waals surface area contributed by atoms with E-state index in [1.807, 2.05) is 0 Å². The van der Waals surface area contributed by atoms with Crippen LogP contribution in [0, 0.1) is 6.92 Å². The van der Waals surface area contributed by atoms with E-state index < -0.39 is 21.8 Å². The molecule has 1 aliphatic rings. The Balaban J connectivity index is 1.94. The lowest BCUT2D eigenvalue weighted by Gasteiger charge is -2.25. The molecule has 2 heterocycles. The summed E-state index contributed by atoms with van der Waals surface area (Å²) in [4.78, 5) is 24.3. The Morgan fingerprint density at radius 1 is 1.25 bits per heavy atom. The zero-order valence-corrected chi connectivity index (χ0v) is 16.6. The minimum atomic E-state index is -3.85. The largest absolute Gasteiger partial charge is 0.507 e. The van der Waals surface area contributed by atoms with Crippen molar-refractivity contribution in [1.29, 1.82) is 0 Å². The number of amides is 2. The number of nitrogens with zero attached hydrogens (tertiary/aromatic N) is 1. The number of benzene rings is 1. The number of phenolic OH excluding ortho intramolecular Hbond substituents is 1. The normalized spacial score (nSPS) is 15.3. The second kappa shape index (κ2) is 7.87. The summed E-state index contributed by atoms with van der Waals surface area (Å²) in [7, 11) is -3.85. The van der Waals surface area contributed by atoms with Crippen LogP contribution in [0.15, 0.2) is 28.5 Å². The lowest BCUT2D eigenvalue weighted by molar-refractivity contribution is 0.0731. The van der Waals surface area contributed by atoms with E-state index in [1.54, 1.807) is 19.1 Å². The van der Waals surface area contributed by atoms with Gasteiger partial charge in [0.25, 0.3) is 21.8 Å². The highest BCUT2D eigenvalue weighted by atomic mass is 32.2. The average molecular weight is 425 g/mol. The first kappa shape index (κ1) is 20.3. The number of rotatable bonds is 5. The number of aromatic hydroxyl groups is 1. The van der Waals surface area contributed by atoms with Crippen LogP contribution in [-0.4, -0.2) is 55.9 Å². The number of nitrogens with one attached hydrogen (secondary N) is 1. The van der Waals surface area contributed by atoms with Gasteiger partial charge in [0.2, 0.25) is 0 Å². The fourth-order valence-corrected chi connectivity index (χ4v) is 5.63. The molecule has 2 aromatic rings. The van der Waals surface area contributed by atoms with E-state index in [-0.39, 0.29) is 52.4 Å². The number of carbonyl (C=O) groups excluding carboxylic acids is 2. The quantitative estimate of drug-likeness (QED) is 0.656. The van der Waals surface area contributed by atoms with Crippen molar-refractivity contribution in [3.63, 3.8) is 0 Å². The maximum absolute atomic E-state index is 12.8. The van der Waals surface area contributed by atoms with E-state index >= 15 is 0 Å². The smallest absolute Gasteiger partial charge is 0.260 e. The van der Waals surface area contributed by atoms with Crippen LogP contribution in [0.4, 0.5) is 5.00 Å². The van der Waals surface area contributed by atoms with Crippen LogP contribution in [0.3, 0.4) is 0 Å². The Labute approximate surface area is 165 Å². The van der Waals surface area contributed by atoms with Crippen molar-refractivity contribution in [2.24, 2.45) is 5.73 Å². The number of hydrogen-bond donors (Lipinski definition) is 3. The van der Waals surface area contributed by atoms with E-state index in [1.165, 1.54) is 10.4 Å². The molecule has 0 bridgehead atoms. The molecule has 28 heavy (non-hydrogen) atoms. The summed E-state index contributed by atoms with van der Waals surface area (Å²) in [6, 6.07) is 5.81. The number of thiophene rings is 1. The number of morpholine rings is 1. The number of nitrogens with two attached hydrogens (primary N) is 1. The second-order valence-electron chi connectivity index (χ2n) is 6.11. The van der Waals surface area contributed by atoms with Crippen LogP contribution in [0.25, 0.3) is 0 Å². The Hall–Kier alpha value is -2.47. The summed E-state index contributed by atoms with van der Waals surface area (Å²) >= 11 is 0.737. The molecule has 4 N–H and O–H groups in total. The number of aryl methyl sites for hydroxylation is 1. The monoisotopic (exact) mass is 425 g/mol. The molecule has 0 aliphatic carbocycles. The highest BCUT2D eigenvalue weighted by Gasteiger charge is 2.30. The van der Waals surface area contributed by atoms with Crippen molar-refractivity contribution in [1.82, 2.24) is 4.31 Å². The van der Waals surface area contributed by atoms with Gasteiger partial charge in [0.05, 0.1) is 24.3 Å². The van der Waals surface area contributed by atoms with E-state index in [2.05, 4.69) is 5.32 Å². The third-order valence-corrected chi connectivity index (χ3v) is 7.65. The average Bonchev–Trinajstić information content (AvgIpc) is 3.09. The van der Waals surface area contributed by atoms with Crippen molar-refractivity contribution in [3.05, 3.63) is 41.0 Å². The summed E-state index contributed by atoms with van der Waals surface area (Å²) in [6.07, 6.45) is 0. The number of phenols is 1. The van der Waals surface area contributed by atoms with Gasteiger partial charge in [-0.1, -0.05) is 12.1 Å². The minimum absolute atomic E-state index is 0.00130. The summed E-state index contributed by atoms with van der Waals surface area (Å²) in [5.74, 6) is -1.75. The third-order valence-electron chi connectivity index (χ3n) is 4.25. The van der Waals surface area contributed by atoms with Gasteiger partial charge < -0.3 is 20.9 Å². The molecular formula is C17H19N3O6S2. The first-order valence-corrected chi connectivity index (χ1v) is 10.6. The van der Waals surface area contributed by atoms with Crippen LogP contribution in [0.2, 0.25) is 0 Å². The van der Waals surface area contributed by atoms with E-state index in [0.717, 1.165) is 17.4 Å². The summed E-state index contributed by atoms with van der Waals surface area (Å²) in [5, 5.41) is 12.6. The second-order valence-corrected chi connectivity index (χ2v) is 9.33. The van der Waals surface area contributed by atoms with Crippen LogP contribution < -0.4 is 11.1 Å². The van der Waals surface area contributed by atoms with Crippen LogP contribution in [-0.2, 0) is 14.8 Å². The highest BCUT2D eigenvalue weighted by Crippen LogP contribution is 2.34. The fraction of sp³-hybridized carbons (Fsp3) is 0.294. The number of hydrogen-bond acceptors (Lipinski definition) is 7. The molecule has 0 unspecified atom stereocenters. The van der Waals surface area contributed by atoms with Crippen LogP contribution in [0.5, 0.6) is 5.75 Å². The molecule has 0 radical (unpaired) electrons. The first-order valence-electron chi connectivity index (χ1n) is 8.33.